The molecular formula is C18H21N7O. The fraction of sp³-hybridized carbons (Fsp3) is 0.333. The number of nitrogens with zero attached hydrogens (tertiary/aromatic N) is 5. The van der Waals surface area contributed by atoms with Gasteiger partial charge in [0.2, 0.25) is 0 Å². The zero-order valence-electron chi connectivity index (χ0n) is 14.9. The van der Waals surface area contributed by atoms with Crippen LogP contribution in [0.4, 0.5) is 5.69 Å². The number of benzene rings is 1. The number of nitrogens with one attached hydrogen (secondary N) is 2. The van der Waals surface area contributed by atoms with E-state index in [1.165, 1.54) is 0 Å². The smallest absolute Gasteiger partial charge is 0.270 e. The van der Waals surface area contributed by atoms with Gasteiger partial charge in [-0.25, -0.2) is 4.98 Å². The van der Waals surface area contributed by atoms with Crippen LogP contribution in [0.3, 0.4) is 0 Å². The number of hydrogen-bond donors (Lipinski definition) is 2. The standard InChI is InChI=1S/C18H21N7O/c1-24(2)15-9-14(21-13-6-4-3-5-12(13)15)18(26)20-11-17-23-22-16-10-19-7-8-25(16)17/h3-6,9,19H,7-8,10-11H2,1-2H3,(H,20,26). The summed E-state index contributed by atoms with van der Waals surface area (Å²) >= 11 is 0. The molecule has 1 aliphatic rings. The maximum atomic E-state index is 12.7. The molecule has 1 aromatic carbocycles. The topological polar surface area (TPSA) is 88.0 Å². The van der Waals surface area contributed by atoms with Crippen LogP contribution < -0.4 is 15.5 Å². The molecule has 8 heteroatoms. The number of fused-ring (bicyclic) bond motifs is 2. The number of aromatic nitrogens is 4. The number of rotatable bonds is 4. The number of carbonyl (C=O) groups is 1. The molecule has 3 aromatic rings. The highest BCUT2D eigenvalue weighted by Crippen LogP contribution is 2.25. The molecule has 0 atom stereocenters. The van der Waals surface area contributed by atoms with Crippen LogP contribution in [-0.4, -0.2) is 46.3 Å². The van der Waals surface area contributed by atoms with E-state index in [0.717, 1.165) is 41.3 Å². The minimum atomic E-state index is -0.217. The average Bonchev–Trinajstić information content (AvgIpc) is 3.08. The lowest BCUT2D eigenvalue weighted by Gasteiger charge is -2.17. The second-order valence-electron chi connectivity index (χ2n) is 6.48. The highest BCUT2D eigenvalue weighted by atomic mass is 16.1. The Morgan fingerprint density at radius 1 is 1.31 bits per heavy atom. The Balaban J connectivity index is 1.57. The number of anilines is 1. The van der Waals surface area contributed by atoms with Gasteiger partial charge in [0.1, 0.15) is 11.5 Å². The second kappa shape index (κ2) is 6.72. The molecule has 0 unspecified atom stereocenters. The Morgan fingerprint density at radius 2 is 2.15 bits per heavy atom. The predicted molar refractivity (Wildman–Crippen MR) is 99.0 cm³/mol. The molecule has 0 bridgehead atoms. The Morgan fingerprint density at radius 3 is 3.00 bits per heavy atom. The van der Waals surface area contributed by atoms with Crippen LogP contribution in [0, 0.1) is 0 Å². The summed E-state index contributed by atoms with van der Waals surface area (Å²) < 4.78 is 2.05. The zero-order valence-corrected chi connectivity index (χ0v) is 14.9. The number of pyridine rings is 1. The van der Waals surface area contributed by atoms with Crippen LogP contribution in [0.1, 0.15) is 22.1 Å². The van der Waals surface area contributed by atoms with Crippen molar-refractivity contribution in [3.8, 4) is 0 Å². The number of carbonyl (C=O) groups excluding carboxylic acids is 1. The van der Waals surface area contributed by atoms with Gasteiger partial charge in [-0.05, 0) is 12.1 Å². The lowest BCUT2D eigenvalue weighted by atomic mass is 10.1. The molecule has 26 heavy (non-hydrogen) atoms. The van der Waals surface area contributed by atoms with Crippen molar-refractivity contribution in [2.75, 3.05) is 25.5 Å². The SMILES string of the molecule is CN(C)c1cc(C(=O)NCc2nnc3n2CCNC3)nc2ccccc12. The monoisotopic (exact) mass is 351 g/mol. The molecule has 2 N–H and O–H groups in total. The van der Waals surface area contributed by atoms with Crippen molar-refractivity contribution in [1.82, 2.24) is 30.4 Å². The average molecular weight is 351 g/mol. The van der Waals surface area contributed by atoms with E-state index in [2.05, 4.69) is 30.4 Å². The van der Waals surface area contributed by atoms with Crippen LogP contribution in [0.5, 0.6) is 0 Å². The molecular weight excluding hydrogens is 330 g/mol. The van der Waals surface area contributed by atoms with Crippen molar-refractivity contribution in [2.45, 2.75) is 19.6 Å². The molecule has 0 saturated heterocycles. The van der Waals surface area contributed by atoms with Crippen LogP contribution in [0.25, 0.3) is 10.9 Å². The van der Waals surface area contributed by atoms with Gasteiger partial charge in [-0.1, -0.05) is 18.2 Å². The van der Waals surface area contributed by atoms with Crippen molar-refractivity contribution in [1.29, 1.82) is 0 Å². The van der Waals surface area contributed by atoms with E-state index in [-0.39, 0.29) is 5.91 Å². The van der Waals surface area contributed by atoms with E-state index in [1.54, 1.807) is 0 Å². The molecule has 3 heterocycles. The summed E-state index contributed by atoms with van der Waals surface area (Å²) in [6.45, 7) is 2.73. The van der Waals surface area contributed by atoms with Gasteiger partial charge in [-0.3, -0.25) is 4.79 Å². The highest BCUT2D eigenvalue weighted by Gasteiger charge is 2.17. The minimum absolute atomic E-state index is 0.217. The zero-order chi connectivity index (χ0) is 18.1. The molecule has 0 radical (unpaired) electrons. The predicted octanol–water partition coefficient (Wildman–Crippen LogP) is 0.926. The van der Waals surface area contributed by atoms with Gasteiger partial charge >= 0.3 is 0 Å². The third kappa shape index (κ3) is 2.99. The fourth-order valence-corrected chi connectivity index (χ4v) is 3.18. The molecule has 0 saturated carbocycles. The molecule has 0 aliphatic carbocycles. The van der Waals surface area contributed by atoms with Gasteiger partial charge < -0.3 is 20.1 Å². The minimum Gasteiger partial charge on any atom is -0.377 e. The summed E-state index contributed by atoms with van der Waals surface area (Å²) in [5, 5.41) is 15.5. The van der Waals surface area contributed by atoms with E-state index in [1.807, 2.05) is 49.3 Å². The van der Waals surface area contributed by atoms with Gasteiger partial charge in [0.25, 0.3) is 5.91 Å². The lowest BCUT2D eigenvalue weighted by molar-refractivity contribution is 0.0944. The molecule has 1 amide bonds. The normalized spacial score (nSPS) is 13.5. The first-order chi connectivity index (χ1) is 12.6. The third-order valence-corrected chi connectivity index (χ3v) is 4.52. The maximum Gasteiger partial charge on any atom is 0.270 e. The van der Waals surface area contributed by atoms with Crippen molar-refractivity contribution in [2.24, 2.45) is 0 Å². The number of para-hydroxylation sites is 1. The summed E-state index contributed by atoms with van der Waals surface area (Å²) in [5.41, 5.74) is 2.16. The van der Waals surface area contributed by atoms with Crippen molar-refractivity contribution < 1.29 is 4.79 Å². The van der Waals surface area contributed by atoms with Gasteiger partial charge in [0, 0.05) is 38.3 Å². The van der Waals surface area contributed by atoms with Crippen LogP contribution >= 0.6 is 0 Å². The van der Waals surface area contributed by atoms with Crippen LogP contribution in [-0.2, 0) is 19.6 Å². The van der Waals surface area contributed by atoms with Crippen molar-refractivity contribution >= 4 is 22.5 Å². The van der Waals surface area contributed by atoms with Crippen LogP contribution in [0.15, 0.2) is 30.3 Å². The Hall–Kier alpha value is -3.00. The fourth-order valence-electron chi connectivity index (χ4n) is 3.18. The first-order valence-electron chi connectivity index (χ1n) is 8.60. The Labute approximate surface area is 151 Å². The van der Waals surface area contributed by atoms with Gasteiger partial charge in [-0.15, -0.1) is 10.2 Å². The first kappa shape index (κ1) is 16.5. The Kier molecular flexibility index (Phi) is 4.26. The van der Waals surface area contributed by atoms with E-state index in [4.69, 9.17) is 0 Å². The first-order valence-corrected chi connectivity index (χ1v) is 8.60. The number of hydrogen-bond acceptors (Lipinski definition) is 6. The van der Waals surface area contributed by atoms with E-state index in [9.17, 15) is 4.79 Å². The summed E-state index contributed by atoms with van der Waals surface area (Å²) in [4.78, 5) is 19.2. The molecule has 0 fully saturated rings. The molecule has 4 rings (SSSR count). The van der Waals surface area contributed by atoms with Gasteiger partial charge in [0.05, 0.1) is 18.6 Å². The summed E-state index contributed by atoms with van der Waals surface area (Å²) in [6.07, 6.45) is 0. The quantitative estimate of drug-likeness (QED) is 0.727. The van der Waals surface area contributed by atoms with Gasteiger partial charge in [0.15, 0.2) is 5.82 Å². The molecule has 2 aromatic heterocycles. The van der Waals surface area contributed by atoms with Crippen LogP contribution in [0.2, 0.25) is 0 Å². The van der Waals surface area contributed by atoms with Gasteiger partial charge in [-0.2, -0.15) is 0 Å². The molecule has 134 valence electrons. The molecule has 8 nitrogen and oxygen atoms in total. The van der Waals surface area contributed by atoms with E-state index < -0.39 is 0 Å². The van der Waals surface area contributed by atoms with E-state index >= 15 is 0 Å². The molecule has 0 spiro atoms. The summed E-state index contributed by atoms with van der Waals surface area (Å²) in [6, 6.07) is 9.64. The summed E-state index contributed by atoms with van der Waals surface area (Å²) in [7, 11) is 3.92. The number of amides is 1. The van der Waals surface area contributed by atoms with Crippen molar-refractivity contribution in [3.63, 3.8) is 0 Å². The van der Waals surface area contributed by atoms with E-state index in [0.29, 0.717) is 18.8 Å². The summed E-state index contributed by atoms with van der Waals surface area (Å²) in [5.74, 6) is 1.45. The van der Waals surface area contributed by atoms with Crippen molar-refractivity contribution in [3.05, 3.63) is 47.7 Å². The second-order valence-corrected chi connectivity index (χ2v) is 6.48. The Bertz CT molecular complexity index is 963. The largest absolute Gasteiger partial charge is 0.377 e. The highest BCUT2D eigenvalue weighted by molar-refractivity contribution is 5.99. The maximum absolute atomic E-state index is 12.7. The third-order valence-electron chi connectivity index (χ3n) is 4.52. The lowest BCUT2D eigenvalue weighted by Crippen LogP contribution is -2.31. The molecule has 1 aliphatic heterocycles.